The fourth-order valence-corrected chi connectivity index (χ4v) is 2.37. The summed E-state index contributed by atoms with van der Waals surface area (Å²) in [6.07, 6.45) is 2.51. The van der Waals surface area contributed by atoms with E-state index in [4.69, 9.17) is 16.3 Å². The molecule has 0 radical (unpaired) electrons. The Morgan fingerprint density at radius 2 is 2.04 bits per heavy atom. The van der Waals surface area contributed by atoms with E-state index in [9.17, 15) is 9.18 Å². The number of ether oxygens (including phenoxy) is 1. The predicted molar refractivity (Wildman–Crippen MR) is 97.4 cm³/mol. The van der Waals surface area contributed by atoms with E-state index in [1.165, 1.54) is 18.2 Å². The molecule has 2 aromatic carbocycles. The largest absolute Gasteiger partial charge is 0.481 e. The van der Waals surface area contributed by atoms with E-state index in [-0.39, 0.29) is 23.7 Å². The SMILES string of the molecule is C=CCc1ccccc1OCC#CCNC(=O)c1c(F)cccc1Cl. The van der Waals surface area contributed by atoms with Crippen molar-refractivity contribution >= 4 is 17.5 Å². The smallest absolute Gasteiger partial charge is 0.256 e. The summed E-state index contributed by atoms with van der Waals surface area (Å²) < 4.78 is 19.2. The third-order valence-corrected chi connectivity index (χ3v) is 3.60. The second-order valence-electron chi connectivity index (χ2n) is 5.02. The van der Waals surface area contributed by atoms with Gasteiger partial charge in [-0.2, -0.15) is 0 Å². The number of allylic oxidation sites excluding steroid dienone is 1. The second kappa shape index (κ2) is 9.51. The van der Waals surface area contributed by atoms with E-state index in [1.54, 1.807) is 6.08 Å². The molecule has 25 heavy (non-hydrogen) atoms. The van der Waals surface area contributed by atoms with E-state index in [0.717, 1.165) is 11.3 Å². The van der Waals surface area contributed by atoms with Crippen LogP contribution in [0.15, 0.2) is 55.1 Å². The first-order chi connectivity index (χ1) is 12.1. The van der Waals surface area contributed by atoms with Crippen LogP contribution in [0.4, 0.5) is 4.39 Å². The van der Waals surface area contributed by atoms with Gasteiger partial charge in [-0.05, 0) is 30.2 Å². The molecule has 0 spiro atoms. The molecule has 1 N–H and O–H groups in total. The van der Waals surface area contributed by atoms with Gasteiger partial charge in [0.2, 0.25) is 0 Å². The van der Waals surface area contributed by atoms with Crippen LogP contribution < -0.4 is 10.1 Å². The lowest BCUT2D eigenvalue weighted by molar-refractivity contribution is 0.0955. The molecule has 0 aliphatic carbocycles. The van der Waals surface area contributed by atoms with E-state index in [1.807, 2.05) is 24.3 Å². The molecule has 0 unspecified atom stereocenters. The standard InChI is InChI=1S/C20H17ClFNO2/c1-2-8-15-9-3-4-12-18(15)25-14-6-5-13-23-20(24)19-16(21)10-7-11-17(19)22/h2-4,7,9-12H,1,8,13-14H2,(H,23,24). The molecular weight excluding hydrogens is 341 g/mol. The summed E-state index contributed by atoms with van der Waals surface area (Å²) in [5.41, 5.74) is 0.849. The Bertz CT molecular complexity index is 804. The Hall–Kier alpha value is -2.77. The predicted octanol–water partition coefficient (Wildman–Crippen LogP) is 4.02. The Kier molecular flexibility index (Phi) is 7.06. The van der Waals surface area contributed by atoms with Gasteiger partial charge >= 0.3 is 0 Å². The zero-order valence-electron chi connectivity index (χ0n) is 13.5. The van der Waals surface area contributed by atoms with Crippen molar-refractivity contribution < 1.29 is 13.9 Å². The van der Waals surface area contributed by atoms with E-state index in [2.05, 4.69) is 23.7 Å². The van der Waals surface area contributed by atoms with Crippen molar-refractivity contribution in [2.75, 3.05) is 13.2 Å². The van der Waals surface area contributed by atoms with Gasteiger partial charge in [-0.15, -0.1) is 6.58 Å². The van der Waals surface area contributed by atoms with Crippen molar-refractivity contribution in [2.24, 2.45) is 0 Å². The highest BCUT2D eigenvalue weighted by Crippen LogP contribution is 2.19. The zero-order chi connectivity index (χ0) is 18.1. The van der Waals surface area contributed by atoms with Crippen LogP contribution in [0.5, 0.6) is 5.75 Å². The summed E-state index contributed by atoms with van der Waals surface area (Å²) in [6, 6.07) is 11.7. The molecule has 0 saturated heterocycles. The topological polar surface area (TPSA) is 38.3 Å². The van der Waals surface area contributed by atoms with Crippen molar-refractivity contribution in [3.63, 3.8) is 0 Å². The molecule has 2 aromatic rings. The fourth-order valence-electron chi connectivity index (χ4n) is 2.12. The van der Waals surface area contributed by atoms with Gasteiger partial charge in [-0.25, -0.2) is 4.39 Å². The first-order valence-electron chi connectivity index (χ1n) is 7.63. The van der Waals surface area contributed by atoms with Crippen molar-refractivity contribution in [1.29, 1.82) is 0 Å². The van der Waals surface area contributed by atoms with Crippen LogP contribution in [0.1, 0.15) is 15.9 Å². The van der Waals surface area contributed by atoms with Gasteiger partial charge in [0.25, 0.3) is 5.91 Å². The first-order valence-corrected chi connectivity index (χ1v) is 8.00. The second-order valence-corrected chi connectivity index (χ2v) is 5.43. The average molecular weight is 358 g/mol. The van der Waals surface area contributed by atoms with Crippen LogP contribution in [0.3, 0.4) is 0 Å². The number of hydrogen-bond acceptors (Lipinski definition) is 2. The normalized spacial score (nSPS) is 9.68. The van der Waals surface area contributed by atoms with Gasteiger partial charge in [-0.1, -0.05) is 53.8 Å². The molecule has 5 heteroatoms. The lowest BCUT2D eigenvalue weighted by atomic mass is 10.1. The van der Waals surface area contributed by atoms with Crippen molar-refractivity contribution in [3.8, 4) is 17.6 Å². The van der Waals surface area contributed by atoms with Gasteiger partial charge in [0, 0.05) is 0 Å². The van der Waals surface area contributed by atoms with Crippen LogP contribution >= 0.6 is 11.6 Å². The number of carbonyl (C=O) groups is 1. The van der Waals surface area contributed by atoms with E-state index >= 15 is 0 Å². The summed E-state index contributed by atoms with van der Waals surface area (Å²) >= 11 is 5.83. The van der Waals surface area contributed by atoms with Crippen molar-refractivity contribution in [3.05, 3.63) is 77.1 Å². The lowest BCUT2D eigenvalue weighted by Crippen LogP contribution is -2.25. The summed E-state index contributed by atoms with van der Waals surface area (Å²) in [5, 5.41) is 2.57. The Labute approximate surface area is 151 Å². The molecule has 0 heterocycles. The number of nitrogens with one attached hydrogen (secondary N) is 1. The van der Waals surface area contributed by atoms with Gasteiger partial charge in [0.1, 0.15) is 18.2 Å². The first kappa shape index (κ1) is 18.6. The number of carbonyl (C=O) groups excluding carboxylic acids is 1. The fraction of sp³-hybridized carbons (Fsp3) is 0.150. The molecule has 0 atom stereocenters. The van der Waals surface area contributed by atoms with E-state index < -0.39 is 11.7 Å². The highest BCUT2D eigenvalue weighted by Gasteiger charge is 2.14. The van der Waals surface area contributed by atoms with E-state index in [0.29, 0.717) is 6.42 Å². The summed E-state index contributed by atoms with van der Waals surface area (Å²) in [6.45, 7) is 3.97. The molecule has 1 amide bonds. The average Bonchev–Trinajstić information content (AvgIpc) is 2.59. The number of benzene rings is 2. The molecule has 0 aromatic heterocycles. The monoisotopic (exact) mass is 357 g/mol. The zero-order valence-corrected chi connectivity index (χ0v) is 14.3. The van der Waals surface area contributed by atoms with Crippen LogP contribution in [0.2, 0.25) is 5.02 Å². The number of halogens is 2. The van der Waals surface area contributed by atoms with Gasteiger partial charge < -0.3 is 10.1 Å². The van der Waals surface area contributed by atoms with Crippen molar-refractivity contribution in [2.45, 2.75) is 6.42 Å². The Morgan fingerprint density at radius 1 is 1.24 bits per heavy atom. The Morgan fingerprint density at radius 3 is 2.80 bits per heavy atom. The van der Waals surface area contributed by atoms with Crippen LogP contribution in [-0.2, 0) is 6.42 Å². The quantitative estimate of drug-likeness (QED) is 0.626. The molecule has 0 fully saturated rings. The molecule has 128 valence electrons. The minimum Gasteiger partial charge on any atom is -0.481 e. The highest BCUT2D eigenvalue weighted by atomic mass is 35.5. The maximum Gasteiger partial charge on any atom is 0.256 e. The van der Waals surface area contributed by atoms with Crippen molar-refractivity contribution in [1.82, 2.24) is 5.32 Å². The molecule has 0 bridgehead atoms. The summed E-state index contributed by atoms with van der Waals surface area (Å²) in [5.74, 6) is 5.03. The number of amides is 1. The lowest BCUT2D eigenvalue weighted by Gasteiger charge is -2.07. The maximum absolute atomic E-state index is 13.6. The molecule has 3 nitrogen and oxygen atoms in total. The molecule has 2 rings (SSSR count). The number of rotatable bonds is 6. The number of hydrogen-bond donors (Lipinski definition) is 1. The van der Waals surface area contributed by atoms with Crippen LogP contribution in [0.25, 0.3) is 0 Å². The molecule has 0 saturated carbocycles. The third-order valence-electron chi connectivity index (χ3n) is 3.29. The summed E-state index contributed by atoms with van der Waals surface area (Å²) in [4.78, 5) is 11.9. The maximum atomic E-state index is 13.6. The van der Waals surface area contributed by atoms with Gasteiger partial charge in [0.05, 0.1) is 17.1 Å². The number of para-hydroxylation sites is 1. The molecule has 0 aliphatic heterocycles. The highest BCUT2D eigenvalue weighted by molar-refractivity contribution is 6.33. The van der Waals surface area contributed by atoms with Gasteiger partial charge in [0.15, 0.2) is 0 Å². The van der Waals surface area contributed by atoms with Gasteiger partial charge in [-0.3, -0.25) is 4.79 Å². The Balaban J connectivity index is 1.84. The minimum atomic E-state index is -0.667. The van der Waals surface area contributed by atoms with Crippen LogP contribution in [0, 0.1) is 17.7 Å². The summed E-state index contributed by atoms with van der Waals surface area (Å²) in [7, 11) is 0. The molecule has 0 aliphatic rings. The molecular formula is C20H17ClFNO2. The minimum absolute atomic E-state index is 0.0626. The van der Waals surface area contributed by atoms with Crippen LogP contribution in [-0.4, -0.2) is 19.1 Å². The third kappa shape index (κ3) is 5.37.